The molecule has 0 radical (unpaired) electrons. The van der Waals surface area contributed by atoms with E-state index in [1.807, 2.05) is 25.1 Å². The van der Waals surface area contributed by atoms with Crippen LogP contribution >= 0.6 is 27.3 Å². The molecule has 0 saturated carbocycles. The van der Waals surface area contributed by atoms with Crippen molar-refractivity contribution in [3.05, 3.63) is 48.5 Å². The van der Waals surface area contributed by atoms with Gasteiger partial charge >= 0.3 is 4.87 Å². The second-order valence-electron chi connectivity index (χ2n) is 4.25. The summed E-state index contributed by atoms with van der Waals surface area (Å²) in [6.45, 7) is 3.68. The van der Waals surface area contributed by atoms with E-state index in [0.29, 0.717) is 10.6 Å². The van der Waals surface area contributed by atoms with E-state index in [1.165, 1.54) is 4.57 Å². The van der Waals surface area contributed by atoms with Crippen molar-refractivity contribution in [3.8, 4) is 0 Å². The van der Waals surface area contributed by atoms with Gasteiger partial charge in [-0.25, -0.2) is 0 Å². The number of amides is 1. The lowest BCUT2D eigenvalue weighted by atomic mass is 10.2. The highest BCUT2D eigenvalue weighted by molar-refractivity contribution is 9.10. The second kappa shape index (κ2) is 5.30. The summed E-state index contributed by atoms with van der Waals surface area (Å²) in [4.78, 5) is 24.0. The van der Waals surface area contributed by atoms with E-state index in [4.69, 9.17) is 0 Å². The van der Waals surface area contributed by atoms with Gasteiger partial charge in [0, 0.05) is 22.9 Å². The summed E-state index contributed by atoms with van der Waals surface area (Å²) in [7, 11) is 1.66. The molecule has 1 aromatic heterocycles. The zero-order chi connectivity index (χ0) is 14.2. The molecule has 1 N–H and O–H groups in total. The predicted octanol–water partition coefficient (Wildman–Crippen LogP) is 3.08. The van der Waals surface area contributed by atoms with Crippen LogP contribution in [-0.2, 0) is 7.05 Å². The van der Waals surface area contributed by atoms with Gasteiger partial charge in [-0.3, -0.25) is 9.59 Å². The summed E-state index contributed by atoms with van der Waals surface area (Å²) >= 11 is 4.34. The minimum atomic E-state index is -0.245. The first kappa shape index (κ1) is 14.0. The van der Waals surface area contributed by atoms with Crippen LogP contribution in [0.5, 0.6) is 0 Å². The maximum Gasteiger partial charge on any atom is 0.307 e. The number of halogens is 1. The highest BCUT2D eigenvalue weighted by Gasteiger charge is 2.16. The van der Waals surface area contributed by atoms with Crippen LogP contribution in [-0.4, -0.2) is 10.5 Å². The molecule has 2 aromatic rings. The van der Waals surface area contributed by atoms with Crippen molar-refractivity contribution in [2.75, 3.05) is 5.32 Å². The maximum absolute atomic E-state index is 12.2. The Bertz CT molecular complexity index is 703. The van der Waals surface area contributed by atoms with Crippen molar-refractivity contribution < 1.29 is 4.79 Å². The SMILES string of the molecule is Cc1cc(Br)ccc1NC(=O)c1sc(=O)n(C)c1C. The molecule has 19 heavy (non-hydrogen) atoms. The molecule has 0 aliphatic carbocycles. The van der Waals surface area contributed by atoms with Gasteiger partial charge in [0.15, 0.2) is 0 Å². The van der Waals surface area contributed by atoms with E-state index in [2.05, 4.69) is 21.2 Å². The third-order valence-electron chi connectivity index (χ3n) is 2.94. The van der Waals surface area contributed by atoms with Gasteiger partial charge in [0.1, 0.15) is 4.88 Å². The number of nitrogens with zero attached hydrogens (tertiary/aromatic N) is 1. The Kier molecular flexibility index (Phi) is 3.91. The molecule has 0 bridgehead atoms. The predicted molar refractivity (Wildman–Crippen MR) is 81.1 cm³/mol. The van der Waals surface area contributed by atoms with E-state index >= 15 is 0 Å². The lowest BCUT2D eigenvalue weighted by molar-refractivity contribution is 0.102. The van der Waals surface area contributed by atoms with Crippen LogP contribution in [0.15, 0.2) is 27.5 Å². The summed E-state index contributed by atoms with van der Waals surface area (Å²) in [5, 5.41) is 2.83. The zero-order valence-corrected chi connectivity index (χ0v) is 13.2. The smallest absolute Gasteiger partial charge is 0.307 e. The molecule has 1 amide bonds. The number of nitrogens with one attached hydrogen (secondary N) is 1. The van der Waals surface area contributed by atoms with Gasteiger partial charge in [0.2, 0.25) is 0 Å². The Morgan fingerprint density at radius 1 is 1.37 bits per heavy atom. The average molecular weight is 341 g/mol. The molecule has 0 unspecified atom stereocenters. The maximum atomic E-state index is 12.2. The number of thiazole rings is 1. The van der Waals surface area contributed by atoms with Gasteiger partial charge < -0.3 is 9.88 Å². The van der Waals surface area contributed by atoms with Gasteiger partial charge in [-0.2, -0.15) is 0 Å². The molecular weight excluding hydrogens is 328 g/mol. The van der Waals surface area contributed by atoms with Crippen molar-refractivity contribution in [2.45, 2.75) is 13.8 Å². The minimum Gasteiger partial charge on any atom is -0.321 e. The van der Waals surface area contributed by atoms with Crippen molar-refractivity contribution >= 4 is 38.9 Å². The molecule has 1 heterocycles. The monoisotopic (exact) mass is 340 g/mol. The molecule has 4 nitrogen and oxygen atoms in total. The molecule has 1 aromatic carbocycles. The van der Waals surface area contributed by atoms with E-state index < -0.39 is 0 Å². The van der Waals surface area contributed by atoms with Crippen LogP contribution in [0.25, 0.3) is 0 Å². The van der Waals surface area contributed by atoms with Crippen LogP contribution in [0.4, 0.5) is 5.69 Å². The quantitative estimate of drug-likeness (QED) is 0.913. The number of aromatic nitrogens is 1. The number of carbonyl (C=O) groups excluding carboxylic acids is 1. The number of benzene rings is 1. The molecule has 0 spiro atoms. The van der Waals surface area contributed by atoms with Gasteiger partial charge in [0.25, 0.3) is 5.91 Å². The Hall–Kier alpha value is -1.40. The number of hydrogen-bond acceptors (Lipinski definition) is 3. The Balaban J connectivity index is 2.31. The van der Waals surface area contributed by atoms with Crippen molar-refractivity contribution in [1.29, 1.82) is 0 Å². The first-order valence-electron chi connectivity index (χ1n) is 5.64. The van der Waals surface area contributed by atoms with E-state index in [0.717, 1.165) is 27.1 Å². The van der Waals surface area contributed by atoms with Gasteiger partial charge in [-0.05, 0) is 37.6 Å². The number of aryl methyl sites for hydroxylation is 1. The van der Waals surface area contributed by atoms with Gasteiger partial charge in [-0.15, -0.1) is 0 Å². The van der Waals surface area contributed by atoms with Crippen molar-refractivity contribution in [2.24, 2.45) is 7.05 Å². The zero-order valence-electron chi connectivity index (χ0n) is 10.8. The normalized spacial score (nSPS) is 10.5. The third-order valence-corrected chi connectivity index (χ3v) is 4.56. The van der Waals surface area contributed by atoms with Crippen LogP contribution in [0.1, 0.15) is 20.9 Å². The lowest BCUT2D eigenvalue weighted by Gasteiger charge is -2.08. The minimum absolute atomic E-state index is 0.129. The Labute approximate surface area is 123 Å². The molecular formula is C13H13BrN2O2S. The van der Waals surface area contributed by atoms with Crippen LogP contribution in [0.3, 0.4) is 0 Å². The first-order chi connectivity index (χ1) is 8.90. The molecule has 0 atom stereocenters. The fraction of sp³-hybridized carbons (Fsp3) is 0.231. The second-order valence-corrected chi connectivity index (χ2v) is 6.13. The third kappa shape index (κ3) is 2.79. The highest BCUT2D eigenvalue weighted by atomic mass is 79.9. The average Bonchev–Trinajstić information content (AvgIpc) is 2.60. The molecule has 0 saturated heterocycles. The first-order valence-corrected chi connectivity index (χ1v) is 7.25. The summed E-state index contributed by atoms with van der Waals surface area (Å²) in [5.41, 5.74) is 2.39. The Morgan fingerprint density at radius 2 is 2.05 bits per heavy atom. The van der Waals surface area contributed by atoms with Crippen LogP contribution in [0, 0.1) is 13.8 Å². The molecule has 0 aliphatic heterocycles. The highest BCUT2D eigenvalue weighted by Crippen LogP contribution is 2.21. The number of rotatable bonds is 2. The fourth-order valence-corrected chi connectivity index (χ4v) is 3.03. The van der Waals surface area contributed by atoms with E-state index in [9.17, 15) is 9.59 Å². The van der Waals surface area contributed by atoms with Crippen LogP contribution < -0.4 is 10.2 Å². The number of carbonyl (C=O) groups is 1. The molecule has 100 valence electrons. The van der Waals surface area contributed by atoms with Gasteiger partial charge in [-0.1, -0.05) is 27.3 Å². The number of hydrogen-bond donors (Lipinski definition) is 1. The van der Waals surface area contributed by atoms with Crippen molar-refractivity contribution in [3.63, 3.8) is 0 Å². The summed E-state index contributed by atoms with van der Waals surface area (Å²) in [6.07, 6.45) is 0. The topological polar surface area (TPSA) is 51.1 Å². The fourth-order valence-electron chi connectivity index (χ4n) is 1.68. The molecule has 2 rings (SSSR count). The lowest BCUT2D eigenvalue weighted by Crippen LogP contribution is -2.13. The standard InChI is InChI=1S/C13H13BrN2O2S/c1-7-6-9(14)4-5-10(7)15-12(17)11-8(2)16(3)13(18)19-11/h4-6H,1-3H3,(H,15,17). The Morgan fingerprint density at radius 3 is 2.58 bits per heavy atom. The van der Waals surface area contributed by atoms with Crippen LogP contribution in [0.2, 0.25) is 0 Å². The largest absolute Gasteiger partial charge is 0.321 e. The van der Waals surface area contributed by atoms with E-state index in [1.54, 1.807) is 14.0 Å². The van der Waals surface area contributed by atoms with E-state index in [-0.39, 0.29) is 10.8 Å². The molecule has 6 heteroatoms. The number of anilines is 1. The molecule has 0 aliphatic rings. The van der Waals surface area contributed by atoms with Crippen molar-refractivity contribution in [1.82, 2.24) is 4.57 Å². The van der Waals surface area contributed by atoms with Gasteiger partial charge in [0.05, 0.1) is 0 Å². The summed E-state index contributed by atoms with van der Waals surface area (Å²) in [5.74, 6) is -0.245. The molecule has 0 fully saturated rings. The summed E-state index contributed by atoms with van der Waals surface area (Å²) < 4.78 is 2.44. The summed E-state index contributed by atoms with van der Waals surface area (Å²) in [6, 6.07) is 5.62.